The summed E-state index contributed by atoms with van der Waals surface area (Å²) in [6.07, 6.45) is 1.85. The molecule has 0 aromatic heterocycles. The minimum atomic E-state index is -1.43. The first-order chi connectivity index (χ1) is 15.9. The standard InChI is InChI=1S/C22H29N3O9/c1-12(2)20(21(31)24-14(22(32)33)6-9-19(29)30)25-18(28)11-23-17(27)8-5-13-4-7-15(26)16(10-13)34-3/h4-5,7-8,10,12,14,20,26H,6,9,11H2,1-3H3,(H,23,27)(H,24,31)(H,25,28)(H,29,30)(H,32,33)/b8-5+. The number of aliphatic carboxylic acids is 2. The third kappa shape index (κ3) is 9.59. The van der Waals surface area contributed by atoms with E-state index in [0.29, 0.717) is 5.56 Å². The van der Waals surface area contributed by atoms with Crippen molar-refractivity contribution in [3.8, 4) is 11.5 Å². The van der Waals surface area contributed by atoms with Crippen molar-refractivity contribution in [3.63, 3.8) is 0 Å². The lowest BCUT2D eigenvalue weighted by atomic mass is 10.0. The van der Waals surface area contributed by atoms with Crippen LogP contribution in [0.5, 0.6) is 11.5 Å². The summed E-state index contributed by atoms with van der Waals surface area (Å²) < 4.78 is 4.98. The molecule has 0 saturated carbocycles. The lowest BCUT2D eigenvalue weighted by Crippen LogP contribution is -2.55. The molecule has 0 aliphatic rings. The Bertz CT molecular complexity index is 944. The molecule has 2 atom stereocenters. The van der Waals surface area contributed by atoms with Crippen molar-refractivity contribution in [3.05, 3.63) is 29.8 Å². The normalized spacial score (nSPS) is 12.6. The van der Waals surface area contributed by atoms with Crippen LogP contribution in [0, 0.1) is 5.92 Å². The number of hydrogen-bond acceptors (Lipinski definition) is 7. The summed E-state index contributed by atoms with van der Waals surface area (Å²) in [4.78, 5) is 58.7. The number of hydrogen-bond donors (Lipinski definition) is 6. The molecule has 186 valence electrons. The largest absolute Gasteiger partial charge is 0.504 e. The minimum absolute atomic E-state index is 0.0546. The lowest BCUT2D eigenvalue weighted by molar-refractivity contribution is -0.143. The molecule has 1 aromatic rings. The van der Waals surface area contributed by atoms with Gasteiger partial charge < -0.3 is 36.0 Å². The summed E-state index contributed by atoms with van der Waals surface area (Å²) in [5, 5.41) is 34.5. The molecule has 0 saturated heterocycles. The van der Waals surface area contributed by atoms with Crippen molar-refractivity contribution in [2.45, 2.75) is 38.8 Å². The zero-order valence-electron chi connectivity index (χ0n) is 19.0. The van der Waals surface area contributed by atoms with Crippen molar-refractivity contribution in [2.75, 3.05) is 13.7 Å². The van der Waals surface area contributed by atoms with Gasteiger partial charge in [-0.2, -0.15) is 0 Å². The van der Waals surface area contributed by atoms with Crippen LogP contribution in [0.1, 0.15) is 32.3 Å². The molecule has 6 N–H and O–H groups in total. The van der Waals surface area contributed by atoms with Crippen LogP contribution in [0.25, 0.3) is 6.08 Å². The van der Waals surface area contributed by atoms with Gasteiger partial charge in [0.25, 0.3) is 0 Å². The number of ether oxygens (including phenoxy) is 1. The number of phenols is 1. The average molecular weight is 479 g/mol. The maximum atomic E-state index is 12.5. The Labute approximate surface area is 196 Å². The second kappa shape index (κ2) is 13.5. The first kappa shape index (κ1) is 27.9. The van der Waals surface area contributed by atoms with Crippen LogP contribution in [0.4, 0.5) is 0 Å². The van der Waals surface area contributed by atoms with E-state index in [2.05, 4.69) is 16.0 Å². The van der Waals surface area contributed by atoms with E-state index in [4.69, 9.17) is 9.84 Å². The fourth-order valence-corrected chi connectivity index (χ4v) is 2.74. The maximum Gasteiger partial charge on any atom is 0.326 e. The lowest BCUT2D eigenvalue weighted by Gasteiger charge is -2.24. The summed E-state index contributed by atoms with van der Waals surface area (Å²) in [6, 6.07) is 1.94. The van der Waals surface area contributed by atoms with Gasteiger partial charge in [0.2, 0.25) is 17.7 Å². The molecule has 12 heteroatoms. The number of phenolic OH excluding ortho intramolecular Hbond substituents is 1. The number of benzene rings is 1. The topological polar surface area (TPSA) is 191 Å². The van der Waals surface area contributed by atoms with Gasteiger partial charge in [-0.25, -0.2) is 4.79 Å². The second-order valence-corrected chi connectivity index (χ2v) is 7.60. The zero-order chi connectivity index (χ0) is 25.8. The molecular weight excluding hydrogens is 450 g/mol. The minimum Gasteiger partial charge on any atom is -0.504 e. The van der Waals surface area contributed by atoms with Gasteiger partial charge in [-0.1, -0.05) is 19.9 Å². The molecule has 0 spiro atoms. The number of aromatic hydroxyl groups is 1. The van der Waals surface area contributed by atoms with Gasteiger partial charge in [-0.3, -0.25) is 19.2 Å². The zero-order valence-corrected chi connectivity index (χ0v) is 19.0. The summed E-state index contributed by atoms with van der Waals surface area (Å²) in [5.41, 5.74) is 0.571. The van der Waals surface area contributed by atoms with E-state index in [9.17, 15) is 34.2 Å². The molecule has 1 rings (SSSR count). The number of carboxylic acids is 2. The number of carbonyl (C=O) groups excluding carboxylic acids is 3. The highest BCUT2D eigenvalue weighted by atomic mass is 16.5. The number of methoxy groups -OCH3 is 1. The predicted molar refractivity (Wildman–Crippen MR) is 120 cm³/mol. The highest BCUT2D eigenvalue weighted by molar-refractivity contribution is 5.95. The number of carbonyl (C=O) groups is 5. The second-order valence-electron chi connectivity index (χ2n) is 7.60. The predicted octanol–water partition coefficient (Wildman–Crippen LogP) is 0.105. The van der Waals surface area contributed by atoms with Gasteiger partial charge in [0, 0.05) is 12.5 Å². The first-order valence-corrected chi connectivity index (χ1v) is 10.3. The Balaban J connectivity index is 2.65. The van der Waals surface area contributed by atoms with Gasteiger partial charge in [0.15, 0.2) is 11.5 Å². The van der Waals surface area contributed by atoms with E-state index in [1.54, 1.807) is 19.9 Å². The molecule has 0 fully saturated rings. The molecular formula is C22H29N3O9. The van der Waals surface area contributed by atoms with Gasteiger partial charge in [-0.05, 0) is 36.1 Å². The average Bonchev–Trinajstić information content (AvgIpc) is 2.77. The number of carboxylic acid groups (broad SMARTS) is 2. The highest BCUT2D eigenvalue weighted by Crippen LogP contribution is 2.26. The molecule has 0 radical (unpaired) electrons. The molecule has 3 amide bonds. The van der Waals surface area contributed by atoms with E-state index >= 15 is 0 Å². The molecule has 1 aromatic carbocycles. The van der Waals surface area contributed by atoms with E-state index < -0.39 is 60.6 Å². The van der Waals surface area contributed by atoms with Crippen LogP contribution in [0.2, 0.25) is 0 Å². The third-order valence-electron chi connectivity index (χ3n) is 4.58. The summed E-state index contributed by atoms with van der Waals surface area (Å²) >= 11 is 0. The van der Waals surface area contributed by atoms with E-state index in [1.165, 1.54) is 31.4 Å². The SMILES string of the molecule is COc1cc(/C=C/C(=O)NCC(=O)NC(C(=O)NC(CCC(=O)O)C(=O)O)C(C)C)ccc1O. The van der Waals surface area contributed by atoms with Crippen molar-refractivity contribution in [2.24, 2.45) is 5.92 Å². The maximum absolute atomic E-state index is 12.5. The number of rotatable bonds is 13. The fourth-order valence-electron chi connectivity index (χ4n) is 2.74. The fraction of sp³-hybridized carbons (Fsp3) is 0.409. The summed E-state index contributed by atoms with van der Waals surface area (Å²) in [7, 11) is 1.39. The number of nitrogens with one attached hydrogen (secondary N) is 3. The quantitative estimate of drug-likeness (QED) is 0.213. The van der Waals surface area contributed by atoms with Gasteiger partial charge in [0.05, 0.1) is 13.7 Å². The van der Waals surface area contributed by atoms with Crippen molar-refractivity contribution < 1.29 is 44.0 Å². The Morgan fingerprint density at radius 1 is 1.09 bits per heavy atom. The Kier molecular flexibility index (Phi) is 11.1. The van der Waals surface area contributed by atoms with Gasteiger partial charge in [-0.15, -0.1) is 0 Å². The van der Waals surface area contributed by atoms with Gasteiger partial charge >= 0.3 is 11.9 Å². The van der Waals surface area contributed by atoms with Crippen molar-refractivity contribution >= 4 is 35.7 Å². The number of amides is 3. The molecule has 34 heavy (non-hydrogen) atoms. The molecule has 2 unspecified atom stereocenters. The summed E-state index contributed by atoms with van der Waals surface area (Å²) in [6.45, 7) is 2.82. The van der Waals surface area contributed by atoms with E-state index in [-0.39, 0.29) is 17.9 Å². The van der Waals surface area contributed by atoms with Crippen molar-refractivity contribution in [1.82, 2.24) is 16.0 Å². The van der Waals surface area contributed by atoms with Crippen LogP contribution >= 0.6 is 0 Å². The smallest absolute Gasteiger partial charge is 0.326 e. The molecule has 0 aliphatic heterocycles. The van der Waals surface area contributed by atoms with Crippen LogP contribution < -0.4 is 20.7 Å². The van der Waals surface area contributed by atoms with E-state index in [1.807, 2.05) is 0 Å². The van der Waals surface area contributed by atoms with E-state index in [0.717, 1.165) is 0 Å². The monoisotopic (exact) mass is 479 g/mol. The van der Waals surface area contributed by atoms with Crippen molar-refractivity contribution in [1.29, 1.82) is 0 Å². The van der Waals surface area contributed by atoms with Crippen LogP contribution in [0.15, 0.2) is 24.3 Å². The molecule has 0 aliphatic carbocycles. The van der Waals surface area contributed by atoms with Crippen LogP contribution in [0.3, 0.4) is 0 Å². The Morgan fingerprint density at radius 2 is 1.76 bits per heavy atom. The van der Waals surface area contributed by atoms with Crippen LogP contribution in [-0.2, 0) is 24.0 Å². The van der Waals surface area contributed by atoms with Gasteiger partial charge in [0.1, 0.15) is 12.1 Å². The Morgan fingerprint density at radius 3 is 2.32 bits per heavy atom. The Hall–Kier alpha value is -4.09. The molecule has 0 bridgehead atoms. The highest BCUT2D eigenvalue weighted by Gasteiger charge is 2.28. The summed E-state index contributed by atoms with van der Waals surface area (Å²) in [5.74, 6) is -4.90. The molecule has 12 nitrogen and oxygen atoms in total. The molecule has 0 heterocycles. The van der Waals surface area contributed by atoms with Crippen LogP contribution in [-0.4, -0.2) is 70.7 Å². The third-order valence-corrected chi connectivity index (χ3v) is 4.58. The first-order valence-electron chi connectivity index (χ1n) is 10.3.